The molecule has 4 nitrogen and oxygen atoms in total. The maximum absolute atomic E-state index is 10.8. The molecule has 0 saturated heterocycles. The fraction of sp³-hybridized carbons (Fsp3) is 0.333. The summed E-state index contributed by atoms with van der Waals surface area (Å²) < 4.78 is 1.57. The van der Waals surface area contributed by atoms with Gasteiger partial charge in [0.1, 0.15) is 12.3 Å². The number of carbonyl (C=O) groups excluding carboxylic acids is 1. The predicted octanol–water partition coefficient (Wildman–Crippen LogP) is -0.405. The highest BCUT2D eigenvalue weighted by molar-refractivity contribution is 5.95. The number of aliphatic hydroxyl groups excluding tert-OH is 1. The zero-order chi connectivity index (χ0) is 7.56. The number of carbonyl (C=O) groups is 1. The lowest BCUT2D eigenvalue weighted by Gasteiger charge is -1.95. The molecule has 1 heterocycles. The number of ketones is 1. The number of nitrogens with zero attached hydrogens (tertiary/aromatic N) is 2. The molecule has 0 aliphatic rings. The Labute approximate surface area is 58.1 Å². The Kier molecular flexibility index (Phi) is 1.82. The molecule has 0 aromatic carbocycles. The summed E-state index contributed by atoms with van der Waals surface area (Å²) in [5.41, 5.74) is 0.433. The van der Waals surface area contributed by atoms with Gasteiger partial charge in [-0.05, 0) is 0 Å². The van der Waals surface area contributed by atoms with E-state index in [9.17, 15) is 4.79 Å². The lowest BCUT2D eigenvalue weighted by molar-refractivity contribution is 0.0895. The van der Waals surface area contributed by atoms with E-state index in [1.54, 1.807) is 11.6 Å². The van der Waals surface area contributed by atoms with Gasteiger partial charge in [-0.25, -0.2) is 4.98 Å². The van der Waals surface area contributed by atoms with Crippen molar-refractivity contribution >= 4 is 5.78 Å². The molecule has 0 saturated carbocycles. The summed E-state index contributed by atoms with van der Waals surface area (Å²) in [6.45, 7) is -0.459. The summed E-state index contributed by atoms with van der Waals surface area (Å²) in [4.78, 5) is 14.5. The fourth-order valence-corrected chi connectivity index (χ4v) is 0.707. The van der Waals surface area contributed by atoms with Crippen molar-refractivity contribution in [3.05, 3.63) is 18.2 Å². The molecule has 1 N–H and O–H groups in total. The van der Waals surface area contributed by atoms with Crippen molar-refractivity contribution < 1.29 is 9.90 Å². The lowest BCUT2D eigenvalue weighted by atomic mass is 10.3. The Morgan fingerprint density at radius 2 is 2.60 bits per heavy atom. The van der Waals surface area contributed by atoms with Gasteiger partial charge in [0.25, 0.3) is 0 Å². The number of aryl methyl sites for hydroxylation is 1. The Hall–Kier alpha value is -1.16. The van der Waals surface area contributed by atoms with Crippen molar-refractivity contribution in [1.82, 2.24) is 9.55 Å². The van der Waals surface area contributed by atoms with E-state index in [-0.39, 0.29) is 5.78 Å². The second-order valence-electron chi connectivity index (χ2n) is 1.97. The predicted molar refractivity (Wildman–Crippen MR) is 34.6 cm³/mol. The molecule has 0 atom stereocenters. The molecule has 0 aliphatic carbocycles. The van der Waals surface area contributed by atoms with Gasteiger partial charge in [0.2, 0.25) is 5.78 Å². The zero-order valence-corrected chi connectivity index (χ0v) is 5.61. The maximum Gasteiger partial charge on any atom is 0.206 e. The van der Waals surface area contributed by atoms with Gasteiger partial charge in [-0.2, -0.15) is 0 Å². The highest BCUT2D eigenvalue weighted by Crippen LogP contribution is 1.95. The Morgan fingerprint density at radius 3 is 3.00 bits per heavy atom. The number of aromatic nitrogens is 2. The summed E-state index contributed by atoms with van der Waals surface area (Å²) in [6.07, 6.45) is 2.95. The van der Waals surface area contributed by atoms with Crippen LogP contribution >= 0.6 is 0 Å². The third kappa shape index (κ3) is 1.06. The molecule has 0 aliphatic heterocycles. The molecule has 4 heteroatoms. The summed E-state index contributed by atoms with van der Waals surface area (Å²) in [6, 6.07) is 0. The van der Waals surface area contributed by atoms with Gasteiger partial charge in [0, 0.05) is 7.05 Å². The number of hydrogen-bond acceptors (Lipinski definition) is 3. The Morgan fingerprint density at radius 1 is 1.90 bits per heavy atom. The summed E-state index contributed by atoms with van der Waals surface area (Å²) in [7, 11) is 1.70. The molecule has 0 radical (unpaired) electrons. The number of hydrogen-bond donors (Lipinski definition) is 1. The van der Waals surface area contributed by atoms with Crippen LogP contribution < -0.4 is 0 Å². The van der Waals surface area contributed by atoms with Crippen LogP contribution in [0.15, 0.2) is 12.5 Å². The van der Waals surface area contributed by atoms with Crippen molar-refractivity contribution in [3.8, 4) is 0 Å². The van der Waals surface area contributed by atoms with Crippen molar-refractivity contribution in [1.29, 1.82) is 0 Å². The van der Waals surface area contributed by atoms with Crippen LogP contribution in [0.3, 0.4) is 0 Å². The zero-order valence-electron chi connectivity index (χ0n) is 5.61. The van der Waals surface area contributed by atoms with Crippen LogP contribution in [0.5, 0.6) is 0 Å². The molecule has 0 spiro atoms. The molecule has 54 valence electrons. The van der Waals surface area contributed by atoms with Gasteiger partial charge >= 0.3 is 0 Å². The minimum absolute atomic E-state index is 0.306. The first-order chi connectivity index (χ1) is 4.75. The summed E-state index contributed by atoms with van der Waals surface area (Å²) in [5, 5.41) is 8.44. The molecule has 10 heavy (non-hydrogen) atoms. The smallest absolute Gasteiger partial charge is 0.206 e. The van der Waals surface area contributed by atoms with Crippen LogP contribution in [-0.2, 0) is 7.05 Å². The van der Waals surface area contributed by atoms with Crippen LogP contribution in [0.4, 0.5) is 0 Å². The van der Waals surface area contributed by atoms with E-state index >= 15 is 0 Å². The van der Waals surface area contributed by atoms with E-state index in [1.807, 2.05) is 0 Å². The van der Waals surface area contributed by atoms with Crippen molar-refractivity contribution in [3.63, 3.8) is 0 Å². The normalized spacial score (nSPS) is 9.80. The first-order valence-electron chi connectivity index (χ1n) is 2.86. The third-order valence-corrected chi connectivity index (χ3v) is 1.25. The average Bonchev–Trinajstić information content (AvgIpc) is 2.34. The second kappa shape index (κ2) is 2.62. The molecule has 0 bridgehead atoms. The largest absolute Gasteiger partial charge is 0.388 e. The van der Waals surface area contributed by atoms with Crippen LogP contribution in [0.1, 0.15) is 10.5 Å². The van der Waals surface area contributed by atoms with Crippen molar-refractivity contribution in [2.75, 3.05) is 6.61 Å². The highest BCUT2D eigenvalue weighted by atomic mass is 16.3. The van der Waals surface area contributed by atoms with Crippen LogP contribution in [0, 0.1) is 0 Å². The molecule has 0 fully saturated rings. The monoisotopic (exact) mass is 140 g/mol. The van der Waals surface area contributed by atoms with E-state index in [0.717, 1.165) is 0 Å². The summed E-state index contributed by atoms with van der Waals surface area (Å²) >= 11 is 0. The maximum atomic E-state index is 10.8. The lowest BCUT2D eigenvalue weighted by Crippen LogP contribution is -2.08. The van der Waals surface area contributed by atoms with Gasteiger partial charge in [0.05, 0.1) is 12.5 Å². The fourth-order valence-electron chi connectivity index (χ4n) is 0.707. The third-order valence-electron chi connectivity index (χ3n) is 1.25. The number of imidazole rings is 1. The van der Waals surface area contributed by atoms with Crippen LogP contribution in [0.2, 0.25) is 0 Å². The van der Waals surface area contributed by atoms with E-state index < -0.39 is 6.61 Å². The molecule has 0 unspecified atom stereocenters. The quantitative estimate of drug-likeness (QED) is 0.568. The summed E-state index contributed by atoms with van der Waals surface area (Å²) in [5.74, 6) is -0.306. The Balaban J connectivity index is 2.93. The SMILES string of the molecule is Cn1cncc1C(=O)CO. The van der Waals surface area contributed by atoms with Gasteiger partial charge in [-0.15, -0.1) is 0 Å². The number of Topliss-reactive ketones (excluding diaryl/α,β-unsaturated/α-hetero) is 1. The number of rotatable bonds is 2. The van der Waals surface area contributed by atoms with E-state index in [1.165, 1.54) is 12.5 Å². The molecule has 1 rings (SSSR count). The molecular weight excluding hydrogens is 132 g/mol. The molecule has 0 amide bonds. The van der Waals surface area contributed by atoms with Crippen LogP contribution in [-0.4, -0.2) is 27.0 Å². The molecule has 1 aromatic rings. The molecular formula is C6H8N2O2. The Bertz CT molecular complexity index is 242. The van der Waals surface area contributed by atoms with Gasteiger partial charge in [0.15, 0.2) is 0 Å². The van der Waals surface area contributed by atoms with Gasteiger partial charge in [-0.1, -0.05) is 0 Å². The van der Waals surface area contributed by atoms with Gasteiger partial charge < -0.3 is 9.67 Å². The topological polar surface area (TPSA) is 55.1 Å². The van der Waals surface area contributed by atoms with E-state index in [0.29, 0.717) is 5.69 Å². The highest BCUT2D eigenvalue weighted by Gasteiger charge is 2.06. The van der Waals surface area contributed by atoms with E-state index in [4.69, 9.17) is 5.11 Å². The average molecular weight is 140 g/mol. The number of aliphatic hydroxyl groups is 1. The first kappa shape index (κ1) is 6.95. The van der Waals surface area contributed by atoms with Crippen molar-refractivity contribution in [2.24, 2.45) is 7.05 Å². The standard InChI is InChI=1S/C6H8N2O2/c1-8-4-7-2-5(8)6(10)3-9/h2,4,9H,3H2,1H3. The van der Waals surface area contributed by atoms with Crippen molar-refractivity contribution in [2.45, 2.75) is 0 Å². The molecule has 1 aromatic heterocycles. The minimum atomic E-state index is -0.459. The van der Waals surface area contributed by atoms with Crippen LogP contribution in [0.25, 0.3) is 0 Å². The van der Waals surface area contributed by atoms with Gasteiger partial charge in [-0.3, -0.25) is 4.79 Å². The first-order valence-corrected chi connectivity index (χ1v) is 2.86. The second-order valence-corrected chi connectivity index (χ2v) is 1.97. The van der Waals surface area contributed by atoms with E-state index in [2.05, 4.69) is 4.98 Å². The minimum Gasteiger partial charge on any atom is -0.388 e.